The lowest BCUT2D eigenvalue weighted by molar-refractivity contribution is 0.242. The fourth-order valence-corrected chi connectivity index (χ4v) is 3.07. The van der Waals surface area contributed by atoms with Crippen LogP contribution < -0.4 is 10.5 Å². The van der Waals surface area contributed by atoms with Gasteiger partial charge < -0.3 is 10.5 Å². The van der Waals surface area contributed by atoms with Gasteiger partial charge in [0, 0.05) is 29.7 Å². The maximum Gasteiger partial charge on any atom is 0.131 e. The zero-order chi connectivity index (χ0) is 14.3. The summed E-state index contributed by atoms with van der Waals surface area (Å²) in [6, 6.07) is 8.05. The van der Waals surface area contributed by atoms with Crippen molar-refractivity contribution in [2.24, 2.45) is 5.73 Å². The zero-order valence-electron chi connectivity index (χ0n) is 10.5. The molecule has 2 aromatic carbocycles. The zero-order valence-corrected chi connectivity index (χ0v) is 12.0. The van der Waals surface area contributed by atoms with Crippen molar-refractivity contribution in [2.45, 2.75) is 12.5 Å². The van der Waals surface area contributed by atoms with E-state index in [9.17, 15) is 4.39 Å². The summed E-state index contributed by atoms with van der Waals surface area (Å²) in [6.45, 7) is 0.381. The lowest BCUT2D eigenvalue weighted by Crippen LogP contribution is -2.24. The highest BCUT2D eigenvalue weighted by molar-refractivity contribution is 6.39. The van der Waals surface area contributed by atoms with E-state index < -0.39 is 0 Å². The van der Waals surface area contributed by atoms with E-state index in [4.69, 9.17) is 33.7 Å². The van der Waals surface area contributed by atoms with Gasteiger partial charge in [-0.1, -0.05) is 29.3 Å². The molecule has 2 nitrogen and oxygen atoms in total. The Morgan fingerprint density at radius 1 is 1.25 bits per heavy atom. The van der Waals surface area contributed by atoms with Gasteiger partial charge in [0.2, 0.25) is 0 Å². The molecule has 0 aliphatic carbocycles. The number of nitrogens with two attached hydrogens (primary N) is 1. The smallest absolute Gasteiger partial charge is 0.131 e. The van der Waals surface area contributed by atoms with Gasteiger partial charge in [0.15, 0.2) is 0 Å². The van der Waals surface area contributed by atoms with Crippen LogP contribution in [0.2, 0.25) is 10.0 Å². The van der Waals surface area contributed by atoms with Crippen molar-refractivity contribution in [1.82, 2.24) is 0 Å². The van der Waals surface area contributed by atoms with Gasteiger partial charge >= 0.3 is 0 Å². The number of benzene rings is 2. The van der Waals surface area contributed by atoms with Crippen LogP contribution in [0.3, 0.4) is 0 Å². The van der Waals surface area contributed by atoms with Crippen LogP contribution in [0.1, 0.15) is 5.56 Å². The summed E-state index contributed by atoms with van der Waals surface area (Å²) >= 11 is 12.4. The van der Waals surface area contributed by atoms with Crippen molar-refractivity contribution in [3.05, 3.63) is 51.8 Å². The minimum atomic E-state index is -0.337. The van der Waals surface area contributed by atoms with Crippen molar-refractivity contribution in [1.29, 1.82) is 0 Å². The molecule has 0 amide bonds. The van der Waals surface area contributed by atoms with Crippen LogP contribution >= 0.6 is 23.2 Å². The number of rotatable bonds is 2. The van der Waals surface area contributed by atoms with Crippen LogP contribution in [0, 0.1) is 5.82 Å². The summed E-state index contributed by atoms with van der Waals surface area (Å²) in [6.07, 6.45) is 0.463. The van der Waals surface area contributed by atoms with Crippen LogP contribution in [0.25, 0.3) is 11.1 Å². The van der Waals surface area contributed by atoms with E-state index in [1.54, 1.807) is 18.2 Å². The van der Waals surface area contributed by atoms with Crippen molar-refractivity contribution in [3.63, 3.8) is 0 Å². The van der Waals surface area contributed by atoms with Gasteiger partial charge in [-0.25, -0.2) is 4.39 Å². The summed E-state index contributed by atoms with van der Waals surface area (Å²) in [5.41, 5.74) is 7.59. The lowest BCUT2D eigenvalue weighted by Gasteiger charge is -2.13. The summed E-state index contributed by atoms with van der Waals surface area (Å²) < 4.78 is 19.6. The van der Waals surface area contributed by atoms with Gasteiger partial charge in [-0.05, 0) is 24.3 Å². The molecule has 104 valence electrons. The molecule has 0 bridgehead atoms. The van der Waals surface area contributed by atoms with Crippen LogP contribution in [0.5, 0.6) is 5.75 Å². The van der Waals surface area contributed by atoms with Crippen molar-refractivity contribution in [3.8, 4) is 16.9 Å². The summed E-state index contributed by atoms with van der Waals surface area (Å²) in [5, 5.41) is 0.926. The molecule has 0 fully saturated rings. The van der Waals surface area contributed by atoms with Crippen LogP contribution in [-0.4, -0.2) is 12.6 Å². The fourth-order valence-electron chi connectivity index (χ4n) is 2.47. The second-order valence-electron chi connectivity index (χ2n) is 4.72. The molecular weight excluding hydrogens is 300 g/mol. The Morgan fingerprint density at radius 3 is 2.60 bits per heavy atom. The molecule has 1 atom stereocenters. The maximum absolute atomic E-state index is 13.8. The first kappa shape index (κ1) is 13.7. The Kier molecular flexibility index (Phi) is 3.59. The summed E-state index contributed by atoms with van der Waals surface area (Å²) in [4.78, 5) is 0. The van der Waals surface area contributed by atoms with Crippen LogP contribution in [0.4, 0.5) is 4.39 Å². The molecule has 2 aromatic rings. The highest BCUT2D eigenvalue weighted by atomic mass is 35.5. The van der Waals surface area contributed by atoms with Gasteiger partial charge in [0.05, 0.1) is 10.0 Å². The summed E-state index contributed by atoms with van der Waals surface area (Å²) in [7, 11) is 0. The molecule has 1 aliphatic rings. The largest absolute Gasteiger partial charge is 0.488 e. The number of halogens is 3. The van der Waals surface area contributed by atoms with E-state index in [1.165, 1.54) is 12.1 Å². The molecule has 0 spiro atoms. The topological polar surface area (TPSA) is 35.2 Å². The van der Waals surface area contributed by atoms with Gasteiger partial charge in [-0.3, -0.25) is 0 Å². The standard InChI is InChI=1S/C15H12Cl2FNO/c16-12-2-1-3-13(17)14(12)11-6-9(18)4-8-5-10(7-19)20-15(8)11/h1-4,6,10H,5,7,19H2/t10-/m1/s1. The van der Waals surface area contributed by atoms with Gasteiger partial charge in [-0.15, -0.1) is 0 Å². The maximum atomic E-state index is 13.8. The first-order valence-electron chi connectivity index (χ1n) is 6.23. The molecule has 2 N–H and O–H groups in total. The quantitative estimate of drug-likeness (QED) is 0.907. The number of fused-ring (bicyclic) bond motifs is 1. The molecule has 0 saturated carbocycles. The van der Waals surface area contributed by atoms with Crippen molar-refractivity contribution >= 4 is 23.2 Å². The minimum Gasteiger partial charge on any atom is -0.488 e. The molecular formula is C15H12Cl2FNO. The average Bonchev–Trinajstić information content (AvgIpc) is 2.81. The predicted molar refractivity (Wildman–Crippen MR) is 79.0 cm³/mol. The molecule has 20 heavy (non-hydrogen) atoms. The average molecular weight is 312 g/mol. The Labute approximate surface area is 126 Å². The molecule has 0 aromatic heterocycles. The van der Waals surface area contributed by atoms with Gasteiger partial charge in [-0.2, -0.15) is 0 Å². The number of hydrogen-bond acceptors (Lipinski definition) is 2. The van der Waals surface area contributed by atoms with Crippen molar-refractivity contribution < 1.29 is 9.13 Å². The number of ether oxygens (including phenoxy) is 1. The first-order chi connectivity index (χ1) is 9.60. The predicted octanol–water partition coefficient (Wildman–Crippen LogP) is 4.06. The highest BCUT2D eigenvalue weighted by Crippen LogP contribution is 2.44. The Bertz CT molecular complexity index is 655. The summed E-state index contributed by atoms with van der Waals surface area (Å²) in [5.74, 6) is 0.285. The fraction of sp³-hybridized carbons (Fsp3) is 0.200. The molecule has 1 heterocycles. The third kappa shape index (κ3) is 2.26. The van der Waals surface area contributed by atoms with Crippen LogP contribution in [0.15, 0.2) is 30.3 Å². The Balaban J connectivity index is 2.21. The normalized spacial score (nSPS) is 16.9. The van der Waals surface area contributed by atoms with E-state index in [2.05, 4.69) is 0 Å². The van der Waals surface area contributed by atoms with E-state index >= 15 is 0 Å². The van der Waals surface area contributed by atoms with Crippen LogP contribution in [-0.2, 0) is 6.42 Å². The third-order valence-electron chi connectivity index (χ3n) is 3.36. The lowest BCUT2D eigenvalue weighted by atomic mass is 10.00. The SMILES string of the molecule is NC[C@H]1Cc2cc(F)cc(-c3c(Cl)cccc3Cl)c2O1. The van der Waals surface area contributed by atoms with Crippen molar-refractivity contribution in [2.75, 3.05) is 6.54 Å². The van der Waals surface area contributed by atoms with E-state index in [0.717, 1.165) is 5.56 Å². The Hall–Kier alpha value is -1.29. The molecule has 5 heteroatoms. The van der Waals surface area contributed by atoms with Gasteiger partial charge in [0.1, 0.15) is 17.7 Å². The third-order valence-corrected chi connectivity index (χ3v) is 3.99. The van der Waals surface area contributed by atoms with Gasteiger partial charge in [0.25, 0.3) is 0 Å². The molecule has 0 unspecified atom stereocenters. The highest BCUT2D eigenvalue weighted by Gasteiger charge is 2.27. The second kappa shape index (κ2) is 5.24. The minimum absolute atomic E-state index is 0.133. The molecule has 0 saturated heterocycles. The van der Waals surface area contributed by atoms with E-state index in [-0.39, 0.29) is 11.9 Å². The second-order valence-corrected chi connectivity index (χ2v) is 5.53. The Morgan fingerprint density at radius 2 is 1.95 bits per heavy atom. The first-order valence-corrected chi connectivity index (χ1v) is 6.99. The number of hydrogen-bond donors (Lipinski definition) is 1. The van der Waals surface area contributed by atoms with E-state index in [0.29, 0.717) is 39.9 Å². The molecule has 3 rings (SSSR count). The van der Waals surface area contributed by atoms with E-state index in [1.807, 2.05) is 0 Å². The molecule has 1 aliphatic heterocycles. The molecule has 0 radical (unpaired) electrons. The monoisotopic (exact) mass is 311 g/mol.